The molecule has 0 aromatic heterocycles. The van der Waals surface area contributed by atoms with E-state index in [9.17, 15) is 13.2 Å². The second-order valence-electron chi connectivity index (χ2n) is 3.92. The van der Waals surface area contributed by atoms with Crippen LogP contribution in [0.2, 0.25) is 0 Å². The number of rotatable bonds is 8. The molecule has 9 heteroatoms. The maximum Gasteiger partial charge on any atom is 0.323 e. The second-order valence-corrected chi connectivity index (χ2v) is 6.16. The summed E-state index contributed by atoms with van der Waals surface area (Å²) in [5.41, 5.74) is 5.52. The molecule has 0 aliphatic heterocycles. The molecule has 7 nitrogen and oxygen atoms in total. The smallest absolute Gasteiger partial charge is 0.323 e. The molecule has 0 spiro atoms. The highest BCUT2D eigenvalue weighted by Gasteiger charge is 2.19. The quantitative estimate of drug-likeness (QED) is 0.532. The van der Waals surface area contributed by atoms with Crippen LogP contribution in [0, 0.1) is 0 Å². The first-order valence-corrected chi connectivity index (χ1v) is 8.06. The van der Waals surface area contributed by atoms with Crippen LogP contribution in [0.5, 0.6) is 5.75 Å². The summed E-state index contributed by atoms with van der Waals surface area (Å²) >= 11 is 4.69. The Balaban J connectivity index is 2.81. The number of carbonyl (C=O) groups is 1. The number of anilines is 1. The van der Waals surface area contributed by atoms with Crippen molar-refractivity contribution >= 4 is 38.9 Å². The fraction of sp³-hybridized carbons (Fsp3) is 0.333. The number of hydrogen-bond acceptors (Lipinski definition) is 6. The molecule has 0 saturated carbocycles. The number of carbonyl (C=O) groups excluding carboxylic acids is 1. The van der Waals surface area contributed by atoms with Crippen LogP contribution in [0.25, 0.3) is 0 Å². The Bertz CT molecular complexity index is 616. The number of thiocarbonyl (C=S) groups is 1. The topological polar surface area (TPSA) is 108 Å². The van der Waals surface area contributed by atoms with Crippen molar-refractivity contribution in [2.75, 3.05) is 23.7 Å². The van der Waals surface area contributed by atoms with Gasteiger partial charge in [0, 0.05) is 0 Å². The summed E-state index contributed by atoms with van der Waals surface area (Å²) in [5, 5.41) is 0. The Morgan fingerprint density at radius 2 is 2.05 bits per heavy atom. The Kier molecular flexibility index (Phi) is 6.38. The summed E-state index contributed by atoms with van der Waals surface area (Å²) in [4.78, 5) is 11.4. The summed E-state index contributed by atoms with van der Waals surface area (Å²) in [6.45, 7) is 1.69. The van der Waals surface area contributed by atoms with Gasteiger partial charge in [-0.25, -0.2) is 8.42 Å². The third kappa shape index (κ3) is 6.41. The lowest BCUT2D eigenvalue weighted by Crippen LogP contribution is -2.25. The number of esters is 1. The molecule has 0 aliphatic rings. The molecule has 21 heavy (non-hydrogen) atoms. The average Bonchev–Trinajstić information content (AvgIpc) is 2.36. The van der Waals surface area contributed by atoms with Crippen molar-refractivity contribution in [1.29, 1.82) is 0 Å². The molecule has 0 radical (unpaired) electrons. The van der Waals surface area contributed by atoms with Crippen molar-refractivity contribution in [3.63, 3.8) is 0 Å². The van der Waals surface area contributed by atoms with Crippen molar-refractivity contribution in [1.82, 2.24) is 0 Å². The van der Waals surface area contributed by atoms with Gasteiger partial charge < -0.3 is 15.2 Å². The van der Waals surface area contributed by atoms with Crippen molar-refractivity contribution < 1.29 is 22.7 Å². The van der Waals surface area contributed by atoms with E-state index in [1.807, 2.05) is 0 Å². The SMILES string of the molecule is CCOC(=O)CS(=O)(=O)Nc1ccccc1OCC(N)=S. The van der Waals surface area contributed by atoms with Gasteiger partial charge in [0.25, 0.3) is 0 Å². The average molecular weight is 332 g/mol. The van der Waals surface area contributed by atoms with Gasteiger partial charge in [-0.2, -0.15) is 0 Å². The first-order chi connectivity index (χ1) is 9.84. The standard InChI is InChI=1S/C12H16N2O5S2/c1-2-18-12(15)8-21(16,17)14-9-5-3-4-6-10(9)19-7-11(13)20/h3-6,14H,2,7-8H2,1H3,(H2,13,20). The van der Waals surface area contributed by atoms with Crippen LogP contribution in [0.1, 0.15) is 6.92 Å². The van der Waals surface area contributed by atoms with E-state index in [-0.39, 0.29) is 29.6 Å². The molecular weight excluding hydrogens is 316 g/mol. The van der Waals surface area contributed by atoms with Crippen LogP contribution in [0.3, 0.4) is 0 Å². The van der Waals surface area contributed by atoms with E-state index in [2.05, 4.69) is 21.7 Å². The lowest BCUT2D eigenvalue weighted by Gasteiger charge is -2.12. The zero-order valence-electron chi connectivity index (χ0n) is 11.4. The van der Waals surface area contributed by atoms with E-state index in [1.165, 1.54) is 6.07 Å². The van der Waals surface area contributed by atoms with E-state index in [1.54, 1.807) is 25.1 Å². The lowest BCUT2D eigenvalue weighted by molar-refractivity contribution is -0.139. The van der Waals surface area contributed by atoms with E-state index < -0.39 is 21.7 Å². The van der Waals surface area contributed by atoms with Crippen LogP contribution in [0.4, 0.5) is 5.69 Å². The highest BCUT2D eigenvalue weighted by Crippen LogP contribution is 2.24. The summed E-state index contributed by atoms with van der Waals surface area (Å²) in [7, 11) is -3.89. The van der Waals surface area contributed by atoms with Gasteiger partial charge in [0.15, 0.2) is 5.75 Å². The molecule has 0 atom stereocenters. The van der Waals surface area contributed by atoms with Gasteiger partial charge in [-0.15, -0.1) is 0 Å². The zero-order valence-corrected chi connectivity index (χ0v) is 13.0. The fourth-order valence-electron chi connectivity index (χ4n) is 1.39. The molecule has 0 aliphatic carbocycles. The minimum Gasteiger partial charge on any atom is -0.484 e. The number of nitrogens with one attached hydrogen (secondary N) is 1. The van der Waals surface area contributed by atoms with Crippen LogP contribution in [-0.2, 0) is 19.6 Å². The summed E-state index contributed by atoms with van der Waals surface area (Å²) < 4.78 is 35.9. The highest BCUT2D eigenvalue weighted by atomic mass is 32.2. The molecule has 0 bridgehead atoms. The van der Waals surface area contributed by atoms with Gasteiger partial charge in [0.05, 0.1) is 12.3 Å². The molecular formula is C12H16N2O5S2. The molecule has 0 unspecified atom stereocenters. The Morgan fingerprint density at radius 3 is 2.67 bits per heavy atom. The third-order valence-electron chi connectivity index (χ3n) is 2.14. The first kappa shape index (κ1) is 17.2. The Hall–Kier alpha value is -1.87. The zero-order chi connectivity index (χ0) is 15.9. The normalized spacial score (nSPS) is 10.7. The number of benzene rings is 1. The number of nitrogens with two attached hydrogens (primary N) is 1. The lowest BCUT2D eigenvalue weighted by atomic mass is 10.3. The van der Waals surface area contributed by atoms with Crippen molar-refractivity contribution in [2.24, 2.45) is 5.73 Å². The second kappa shape index (κ2) is 7.79. The third-order valence-corrected chi connectivity index (χ3v) is 3.40. The van der Waals surface area contributed by atoms with Crippen molar-refractivity contribution in [2.45, 2.75) is 6.92 Å². The number of hydrogen-bond donors (Lipinski definition) is 2. The number of sulfonamides is 1. The van der Waals surface area contributed by atoms with E-state index >= 15 is 0 Å². The Morgan fingerprint density at radius 1 is 1.38 bits per heavy atom. The first-order valence-electron chi connectivity index (χ1n) is 6.00. The predicted molar refractivity (Wildman–Crippen MR) is 82.8 cm³/mol. The highest BCUT2D eigenvalue weighted by molar-refractivity contribution is 7.93. The molecule has 1 rings (SSSR count). The van der Waals surface area contributed by atoms with Gasteiger partial charge in [-0.3, -0.25) is 9.52 Å². The van der Waals surface area contributed by atoms with Gasteiger partial charge in [0.2, 0.25) is 10.0 Å². The maximum atomic E-state index is 11.9. The van der Waals surface area contributed by atoms with Gasteiger partial charge >= 0.3 is 5.97 Å². The van der Waals surface area contributed by atoms with E-state index in [0.29, 0.717) is 0 Å². The monoisotopic (exact) mass is 332 g/mol. The van der Waals surface area contributed by atoms with Gasteiger partial charge in [-0.05, 0) is 19.1 Å². The largest absolute Gasteiger partial charge is 0.484 e. The molecule has 0 heterocycles. The van der Waals surface area contributed by atoms with Crippen LogP contribution < -0.4 is 15.2 Å². The molecule has 3 N–H and O–H groups in total. The van der Waals surface area contributed by atoms with E-state index in [0.717, 1.165) is 0 Å². The van der Waals surface area contributed by atoms with Crippen molar-refractivity contribution in [3.8, 4) is 5.75 Å². The summed E-state index contributed by atoms with van der Waals surface area (Å²) in [6.07, 6.45) is 0. The van der Waals surface area contributed by atoms with Crippen LogP contribution in [0.15, 0.2) is 24.3 Å². The Labute approximate surface area is 128 Å². The fourth-order valence-corrected chi connectivity index (χ4v) is 2.42. The maximum absolute atomic E-state index is 11.9. The van der Waals surface area contributed by atoms with Crippen molar-refractivity contribution in [3.05, 3.63) is 24.3 Å². The molecule has 1 aromatic carbocycles. The molecule has 0 saturated heterocycles. The van der Waals surface area contributed by atoms with Gasteiger partial charge in [-0.1, -0.05) is 24.4 Å². The van der Waals surface area contributed by atoms with Crippen LogP contribution in [-0.4, -0.2) is 38.3 Å². The predicted octanol–water partition coefficient (Wildman–Crippen LogP) is 0.656. The number of ether oxygens (including phenoxy) is 2. The molecule has 1 aromatic rings. The van der Waals surface area contributed by atoms with E-state index in [4.69, 9.17) is 10.5 Å². The van der Waals surface area contributed by atoms with Gasteiger partial charge in [0.1, 0.15) is 17.3 Å². The molecule has 116 valence electrons. The molecule has 0 amide bonds. The minimum absolute atomic E-state index is 0.0219. The summed E-state index contributed by atoms with van der Waals surface area (Å²) in [6, 6.07) is 6.34. The minimum atomic E-state index is -3.89. The summed E-state index contributed by atoms with van der Waals surface area (Å²) in [5.74, 6) is -1.34. The number of para-hydroxylation sites is 2. The van der Waals surface area contributed by atoms with Crippen LogP contribution >= 0.6 is 12.2 Å². The molecule has 0 fully saturated rings.